The number of furan rings is 1. The number of nitrogens with one attached hydrogen (secondary N) is 1. The fourth-order valence-corrected chi connectivity index (χ4v) is 3.79. The molecule has 1 amide bonds. The molecule has 4 nitrogen and oxygen atoms in total. The second kappa shape index (κ2) is 7.56. The normalized spacial score (nSPS) is 11.3. The van der Waals surface area contributed by atoms with Gasteiger partial charge in [0.1, 0.15) is 17.0 Å². The Morgan fingerprint density at radius 3 is 2.70 bits per heavy atom. The molecule has 2 heterocycles. The molecule has 0 aliphatic heterocycles. The van der Waals surface area contributed by atoms with Crippen LogP contribution in [-0.2, 0) is 4.79 Å². The highest BCUT2D eigenvalue weighted by atomic mass is 35.5. The maximum atomic E-state index is 12.2. The van der Waals surface area contributed by atoms with Gasteiger partial charge in [0.25, 0.3) is 0 Å². The largest absolute Gasteiger partial charge is 0.457 e. The molecule has 1 N–H and O–H groups in total. The van der Waals surface area contributed by atoms with E-state index in [4.69, 9.17) is 27.6 Å². The van der Waals surface area contributed by atoms with E-state index in [-0.39, 0.29) is 5.91 Å². The summed E-state index contributed by atoms with van der Waals surface area (Å²) in [5.41, 5.74) is 1.55. The fraction of sp³-hybridized carbons (Fsp3) is 0. The molecule has 4 rings (SSSR count). The van der Waals surface area contributed by atoms with Crippen molar-refractivity contribution in [2.75, 3.05) is 5.32 Å². The minimum Gasteiger partial charge on any atom is -0.457 e. The molecule has 0 radical (unpaired) electrons. The lowest BCUT2D eigenvalue weighted by molar-refractivity contribution is -0.111. The number of carbonyl (C=O) groups excluding carboxylic acids is 1. The van der Waals surface area contributed by atoms with Crippen LogP contribution in [0.4, 0.5) is 5.13 Å². The molecule has 7 heteroatoms. The van der Waals surface area contributed by atoms with E-state index in [1.54, 1.807) is 12.1 Å². The van der Waals surface area contributed by atoms with Crippen molar-refractivity contribution in [2.45, 2.75) is 0 Å². The number of rotatable bonds is 4. The van der Waals surface area contributed by atoms with Crippen LogP contribution in [0.3, 0.4) is 0 Å². The Labute approximate surface area is 169 Å². The molecule has 0 fully saturated rings. The van der Waals surface area contributed by atoms with Gasteiger partial charge in [0.2, 0.25) is 5.91 Å². The number of anilines is 1. The summed E-state index contributed by atoms with van der Waals surface area (Å²) in [5, 5.41) is 3.99. The molecule has 2 aromatic carbocycles. The zero-order chi connectivity index (χ0) is 18.8. The van der Waals surface area contributed by atoms with Crippen LogP contribution in [0.5, 0.6) is 0 Å². The summed E-state index contributed by atoms with van der Waals surface area (Å²) in [6.07, 6.45) is 3.01. The van der Waals surface area contributed by atoms with Gasteiger partial charge in [0.05, 0.1) is 14.7 Å². The van der Waals surface area contributed by atoms with Gasteiger partial charge in [0.15, 0.2) is 5.13 Å². The molecule has 0 bridgehead atoms. The number of aromatic nitrogens is 1. The van der Waals surface area contributed by atoms with Gasteiger partial charge >= 0.3 is 0 Å². The van der Waals surface area contributed by atoms with Crippen molar-refractivity contribution in [1.29, 1.82) is 0 Å². The number of hydrogen-bond donors (Lipinski definition) is 1. The van der Waals surface area contributed by atoms with Gasteiger partial charge in [-0.3, -0.25) is 10.1 Å². The standard InChI is InChI=1S/C20H12Cl2N2O2S/c21-14-8-10-16-19(18(14)22)24-20(27-16)23-17(25)11-7-13-6-9-15(26-13)12-4-2-1-3-5-12/h1-11H,(H,23,24,25)/b11-7+. The van der Waals surface area contributed by atoms with Gasteiger partial charge < -0.3 is 4.42 Å². The zero-order valence-electron chi connectivity index (χ0n) is 13.8. The molecule has 2 aromatic heterocycles. The van der Waals surface area contributed by atoms with Gasteiger partial charge in [-0.1, -0.05) is 64.9 Å². The van der Waals surface area contributed by atoms with Crippen LogP contribution >= 0.6 is 34.5 Å². The maximum Gasteiger partial charge on any atom is 0.250 e. The first kappa shape index (κ1) is 17.8. The third-order valence-electron chi connectivity index (χ3n) is 3.77. The van der Waals surface area contributed by atoms with Crippen molar-refractivity contribution in [3.8, 4) is 11.3 Å². The number of fused-ring (bicyclic) bond motifs is 1. The van der Waals surface area contributed by atoms with Crippen LogP contribution < -0.4 is 5.32 Å². The van der Waals surface area contributed by atoms with Crippen molar-refractivity contribution in [1.82, 2.24) is 4.98 Å². The predicted molar refractivity (Wildman–Crippen MR) is 111 cm³/mol. The van der Waals surface area contributed by atoms with Gasteiger partial charge in [-0.15, -0.1) is 0 Å². The molecule has 0 aliphatic carbocycles. The maximum absolute atomic E-state index is 12.2. The van der Waals surface area contributed by atoms with Crippen LogP contribution in [0.2, 0.25) is 10.0 Å². The Bertz CT molecular complexity index is 1150. The lowest BCUT2D eigenvalue weighted by Crippen LogP contribution is -2.07. The molecule has 0 atom stereocenters. The monoisotopic (exact) mass is 414 g/mol. The van der Waals surface area contributed by atoms with Crippen molar-refractivity contribution < 1.29 is 9.21 Å². The summed E-state index contributed by atoms with van der Waals surface area (Å²) in [6, 6.07) is 17.0. The highest BCUT2D eigenvalue weighted by molar-refractivity contribution is 7.22. The van der Waals surface area contributed by atoms with E-state index in [2.05, 4.69) is 10.3 Å². The number of nitrogens with zero attached hydrogens (tertiary/aromatic N) is 1. The Morgan fingerprint density at radius 2 is 1.89 bits per heavy atom. The predicted octanol–water partition coefficient (Wildman–Crippen LogP) is 6.52. The smallest absolute Gasteiger partial charge is 0.250 e. The van der Waals surface area contributed by atoms with Crippen molar-refractivity contribution in [3.63, 3.8) is 0 Å². The van der Waals surface area contributed by atoms with Crippen molar-refractivity contribution >= 4 is 61.9 Å². The quantitative estimate of drug-likeness (QED) is 0.387. The van der Waals surface area contributed by atoms with E-state index in [0.717, 1.165) is 16.0 Å². The Balaban J connectivity index is 1.47. The van der Waals surface area contributed by atoms with Crippen molar-refractivity contribution in [3.05, 3.63) is 76.5 Å². The van der Waals surface area contributed by atoms with Crippen LogP contribution in [0.25, 0.3) is 27.6 Å². The highest BCUT2D eigenvalue weighted by Crippen LogP contribution is 2.35. The van der Waals surface area contributed by atoms with Gasteiger partial charge in [0, 0.05) is 11.6 Å². The van der Waals surface area contributed by atoms with Crippen LogP contribution in [0.1, 0.15) is 5.76 Å². The third-order valence-corrected chi connectivity index (χ3v) is 5.50. The first-order valence-corrected chi connectivity index (χ1v) is 9.56. The number of hydrogen-bond acceptors (Lipinski definition) is 4. The second-order valence-corrected chi connectivity index (χ2v) is 7.43. The lowest BCUT2D eigenvalue weighted by atomic mass is 10.2. The van der Waals surface area contributed by atoms with Gasteiger partial charge in [-0.25, -0.2) is 4.98 Å². The van der Waals surface area contributed by atoms with E-state index >= 15 is 0 Å². The summed E-state index contributed by atoms with van der Waals surface area (Å²) >= 11 is 13.5. The molecule has 0 spiro atoms. The first-order chi connectivity index (χ1) is 13.1. The molecular weight excluding hydrogens is 403 g/mol. The second-order valence-electron chi connectivity index (χ2n) is 5.62. The van der Waals surface area contributed by atoms with E-state index in [0.29, 0.717) is 26.5 Å². The minimum atomic E-state index is -0.311. The summed E-state index contributed by atoms with van der Waals surface area (Å²) in [5.74, 6) is 1.02. The van der Waals surface area contributed by atoms with E-state index in [1.807, 2.05) is 48.5 Å². The summed E-state index contributed by atoms with van der Waals surface area (Å²) < 4.78 is 6.58. The average Bonchev–Trinajstić information content (AvgIpc) is 3.31. The topological polar surface area (TPSA) is 55.1 Å². The molecule has 0 unspecified atom stereocenters. The Morgan fingerprint density at radius 1 is 1.07 bits per heavy atom. The average molecular weight is 415 g/mol. The third kappa shape index (κ3) is 3.90. The number of benzene rings is 2. The highest BCUT2D eigenvalue weighted by Gasteiger charge is 2.11. The molecule has 4 aromatic rings. The molecule has 134 valence electrons. The van der Waals surface area contributed by atoms with Crippen LogP contribution in [0.15, 0.2) is 65.1 Å². The van der Waals surface area contributed by atoms with Crippen molar-refractivity contribution in [2.24, 2.45) is 0 Å². The van der Waals surface area contributed by atoms with E-state index in [9.17, 15) is 4.79 Å². The molecule has 0 saturated carbocycles. The number of thiazole rings is 1. The van der Waals surface area contributed by atoms with Crippen LogP contribution in [0, 0.1) is 0 Å². The number of halogens is 2. The van der Waals surface area contributed by atoms with Crippen LogP contribution in [-0.4, -0.2) is 10.9 Å². The summed E-state index contributed by atoms with van der Waals surface area (Å²) in [4.78, 5) is 16.5. The molecule has 0 saturated heterocycles. The first-order valence-electron chi connectivity index (χ1n) is 7.99. The van der Waals surface area contributed by atoms with Gasteiger partial charge in [-0.05, 0) is 30.3 Å². The fourth-order valence-electron chi connectivity index (χ4n) is 2.50. The minimum absolute atomic E-state index is 0.311. The number of carbonyl (C=O) groups is 1. The summed E-state index contributed by atoms with van der Waals surface area (Å²) in [7, 11) is 0. The Kier molecular flexibility index (Phi) is 4.99. The molecule has 0 aliphatic rings. The molecular formula is C20H12Cl2N2O2S. The molecule has 27 heavy (non-hydrogen) atoms. The van der Waals surface area contributed by atoms with Gasteiger partial charge in [-0.2, -0.15) is 0 Å². The summed E-state index contributed by atoms with van der Waals surface area (Å²) in [6.45, 7) is 0. The van der Waals surface area contributed by atoms with E-state index in [1.165, 1.54) is 17.4 Å². The lowest BCUT2D eigenvalue weighted by Gasteiger charge is -1.96. The SMILES string of the molecule is O=C(/C=C/c1ccc(-c2ccccc2)o1)Nc1nc2c(Cl)c(Cl)ccc2s1. The Hall–Kier alpha value is -2.60. The zero-order valence-corrected chi connectivity index (χ0v) is 16.1. The van der Waals surface area contributed by atoms with E-state index < -0.39 is 0 Å². The number of amides is 1.